The fourth-order valence-electron chi connectivity index (χ4n) is 3.99. The molecule has 0 aliphatic rings. The molecule has 5 aromatic rings. The van der Waals surface area contributed by atoms with Crippen molar-refractivity contribution < 1.29 is 44.3 Å². The first-order valence-corrected chi connectivity index (χ1v) is 10.2. The van der Waals surface area contributed by atoms with E-state index in [1.54, 1.807) is 0 Å². The second kappa shape index (κ2) is 7.73. The van der Waals surface area contributed by atoms with Crippen LogP contribution >= 0.6 is 0 Å². The highest BCUT2D eigenvalue weighted by Crippen LogP contribution is 2.43. The minimum absolute atomic E-state index is 0.0164. The van der Waals surface area contributed by atoms with E-state index in [1.165, 1.54) is 30.3 Å². The number of hydrogen-bond acceptors (Lipinski definition) is 9. The molecule has 0 bridgehead atoms. The van der Waals surface area contributed by atoms with E-state index in [1.807, 2.05) is 0 Å². The highest BCUT2D eigenvalue weighted by atomic mass is 16.4. The molecule has 0 spiro atoms. The molecule has 10 nitrogen and oxygen atoms in total. The largest absolute Gasteiger partial charge is 0.508 e. The smallest absolute Gasteiger partial charge is 0.307 e. The lowest BCUT2D eigenvalue weighted by atomic mass is 10.00. The van der Waals surface area contributed by atoms with Crippen LogP contribution in [0.5, 0.6) is 28.7 Å². The lowest BCUT2D eigenvalue weighted by Crippen LogP contribution is -2.04. The first-order chi connectivity index (χ1) is 16.7. The van der Waals surface area contributed by atoms with Crippen molar-refractivity contribution in [1.82, 2.24) is 0 Å². The number of furan rings is 1. The molecule has 5 rings (SSSR count). The van der Waals surface area contributed by atoms with Crippen LogP contribution in [0.25, 0.3) is 44.6 Å². The fourth-order valence-corrected chi connectivity index (χ4v) is 3.99. The Balaban J connectivity index is 1.92. The second-order valence-corrected chi connectivity index (χ2v) is 7.81. The van der Waals surface area contributed by atoms with Crippen LogP contribution in [0, 0.1) is 0 Å². The summed E-state index contributed by atoms with van der Waals surface area (Å²) in [6.45, 7) is 0. The van der Waals surface area contributed by atoms with Crippen LogP contribution < -0.4 is 5.43 Å². The van der Waals surface area contributed by atoms with E-state index >= 15 is 0 Å². The zero-order valence-corrected chi connectivity index (χ0v) is 17.6. The van der Waals surface area contributed by atoms with Crippen molar-refractivity contribution in [3.8, 4) is 51.4 Å². The molecule has 35 heavy (non-hydrogen) atoms. The Morgan fingerprint density at radius 2 is 1.43 bits per heavy atom. The SMILES string of the molecule is O=C(O)Cc1c(-c2ccc(O)cc2)oc2cc(O)c3c(=O)c(O)c(-c4ccc(O)c(O)c4)oc3c12. The number of carbonyl (C=O) groups is 1. The van der Waals surface area contributed by atoms with Gasteiger partial charge in [0.2, 0.25) is 11.2 Å². The molecular weight excluding hydrogens is 460 g/mol. The van der Waals surface area contributed by atoms with Crippen molar-refractivity contribution in [2.75, 3.05) is 0 Å². The Bertz CT molecular complexity index is 1710. The van der Waals surface area contributed by atoms with Crippen LogP contribution in [-0.2, 0) is 11.2 Å². The summed E-state index contributed by atoms with van der Waals surface area (Å²) in [6.07, 6.45) is -0.539. The van der Waals surface area contributed by atoms with Gasteiger partial charge in [0.1, 0.15) is 28.2 Å². The number of fused-ring (bicyclic) bond motifs is 3. The third-order valence-electron chi connectivity index (χ3n) is 5.57. The quantitative estimate of drug-likeness (QED) is 0.207. The molecule has 3 aromatic carbocycles. The number of carboxylic acid groups (broad SMARTS) is 1. The average Bonchev–Trinajstić information content (AvgIpc) is 3.15. The summed E-state index contributed by atoms with van der Waals surface area (Å²) in [7, 11) is 0. The normalized spacial score (nSPS) is 11.3. The van der Waals surface area contributed by atoms with Crippen molar-refractivity contribution in [3.63, 3.8) is 0 Å². The fraction of sp³-hybridized carbons (Fsp3) is 0.0400. The number of aromatic hydroxyl groups is 5. The van der Waals surface area contributed by atoms with E-state index in [-0.39, 0.29) is 44.9 Å². The lowest BCUT2D eigenvalue weighted by molar-refractivity contribution is -0.136. The molecule has 0 saturated carbocycles. The monoisotopic (exact) mass is 476 g/mol. The lowest BCUT2D eigenvalue weighted by Gasteiger charge is -2.09. The molecule has 0 amide bonds. The van der Waals surface area contributed by atoms with Gasteiger partial charge in [0.15, 0.2) is 22.8 Å². The maximum atomic E-state index is 13.0. The van der Waals surface area contributed by atoms with E-state index in [4.69, 9.17) is 8.83 Å². The molecule has 2 aromatic heterocycles. The van der Waals surface area contributed by atoms with Crippen LogP contribution in [-0.4, -0.2) is 36.6 Å². The van der Waals surface area contributed by atoms with Crippen LogP contribution in [0.3, 0.4) is 0 Å². The van der Waals surface area contributed by atoms with E-state index in [2.05, 4.69) is 0 Å². The maximum Gasteiger partial charge on any atom is 0.307 e. The Kier molecular flexibility index (Phi) is 4.80. The molecular formula is C25H16O10. The van der Waals surface area contributed by atoms with Gasteiger partial charge in [-0.05, 0) is 42.5 Å². The summed E-state index contributed by atoms with van der Waals surface area (Å²) in [5, 5.41) is 59.4. The van der Waals surface area contributed by atoms with Crippen molar-refractivity contribution in [3.05, 3.63) is 64.3 Å². The molecule has 0 saturated heterocycles. The topological polar surface area (TPSA) is 182 Å². The summed E-state index contributed by atoms with van der Waals surface area (Å²) in [6, 6.07) is 10.4. The highest BCUT2D eigenvalue weighted by Gasteiger charge is 2.27. The minimum atomic E-state index is -1.21. The van der Waals surface area contributed by atoms with Crippen molar-refractivity contribution in [1.29, 1.82) is 0 Å². The van der Waals surface area contributed by atoms with Crippen LogP contribution in [0.4, 0.5) is 0 Å². The van der Waals surface area contributed by atoms with Crippen molar-refractivity contribution in [2.24, 2.45) is 0 Å². The molecule has 10 heteroatoms. The van der Waals surface area contributed by atoms with Gasteiger partial charge < -0.3 is 39.5 Å². The predicted octanol–water partition coefficient (Wildman–Crippen LogP) is 4.03. The molecule has 0 atom stereocenters. The van der Waals surface area contributed by atoms with Gasteiger partial charge in [0.25, 0.3) is 0 Å². The van der Waals surface area contributed by atoms with Gasteiger partial charge in [-0.25, -0.2) is 0 Å². The molecule has 0 unspecified atom stereocenters. The molecule has 0 aliphatic heterocycles. The van der Waals surface area contributed by atoms with Crippen LogP contribution in [0.15, 0.2) is 62.2 Å². The van der Waals surface area contributed by atoms with Gasteiger partial charge >= 0.3 is 5.97 Å². The predicted molar refractivity (Wildman–Crippen MR) is 123 cm³/mol. The van der Waals surface area contributed by atoms with Crippen molar-refractivity contribution >= 4 is 27.9 Å². The number of aliphatic carboxylic acids is 1. The Hall–Kier alpha value is -5.12. The van der Waals surface area contributed by atoms with Gasteiger partial charge in [-0.3, -0.25) is 9.59 Å². The first-order valence-electron chi connectivity index (χ1n) is 10.2. The summed E-state index contributed by atoms with van der Waals surface area (Å²) < 4.78 is 11.7. The van der Waals surface area contributed by atoms with E-state index in [0.29, 0.717) is 5.56 Å². The number of hydrogen-bond donors (Lipinski definition) is 6. The third kappa shape index (κ3) is 3.44. The van der Waals surface area contributed by atoms with Crippen LogP contribution in [0.1, 0.15) is 5.56 Å². The van der Waals surface area contributed by atoms with Gasteiger partial charge in [-0.2, -0.15) is 0 Å². The average molecular weight is 476 g/mol. The minimum Gasteiger partial charge on any atom is -0.508 e. The molecule has 0 fully saturated rings. The number of phenolic OH excluding ortho intramolecular Hbond substituents is 4. The molecule has 6 N–H and O–H groups in total. The maximum absolute atomic E-state index is 13.0. The first kappa shape index (κ1) is 21.7. The van der Waals surface area contributed by atoms with Crippen molar-refractivity contribution in [2.45, 2.75) is 6.42 Å². The zero-order valence-electron chi connectivity index (χ0n) is 17.6. The Morgan fingerprint density at radius 3 is 2.09 bits per heavy atom. The van der Waals surface area contributed by atoms with Crippen LogP contribution in [0.2, 0.25) is 0 Å². The molecule has 0 radical (unpaired) electrons. The molecule has 2 heterocycles. The summed E-state index contributed by atoms with van der Waals surface area (Å²) >= 11 is 0. The third-order valence-corrected chi connectivity index (χ3v) is 5.57. The number of carboxylic acids is 1. The molecule has 0 aliphatic carbocycles. The Labute approximate surface area is 194 Å². The Morgan fingerprint density at radius 1 is 0.743 bits per heavy atom. The number of phenols is 4. The van der Waals surface area contributed by atoms with Gasteiger partial charge in [-0.1, -0.05) is 0 Å². The zero-order chi connectivity index (χ0) is 25.0. The van der Waals surface area contributed by atoms with Gasteiger partial charge in [-0.15, -0.1) is 0 Å². The van der Waals surface area contributed by atoms with E-state index in [0.717, 1.165) is 18.2 Å². The van der Waals surface area contributed by atoms with E-state index < -0.39 is 46.2 Å². The van der Waals surface area contributed by atoms with Gasteiger partial charge in [0.05, 0.1) is 11.8 Å². The molecule has 176 valence electrons. The van der Waals surface area contributed by atoms with E-state index in [9.17, 15) is 40.2 Å². The number of rotatable bonds is 4. The second-order valence-electron chi connectivity index (χ2n) is 7.81. The summed E-state index contributed by atoms with van der Waals surface area (Å²) in [5.41, 5.74) is -0.625. The summed E-state index contributed by atoms with van der Waals surface area (Å²) in [4.78, 5) is 24.7. The number of benzene rings is 3. The van der Waals surface area contributed by atoms with Gasteiger partial charge in [0, 0.05) is 22.8 Å². The summed E-state index contributed by atoms with van der Waals surface area (Å²) in [5.74, 6) is -3.88. The highest BCUT2D eigenvalue weighted by molar-refractivity contribution is 6.10. The standard InChI is InChI=1S/C25H16O10/c26-12-4-1-10(2-5-12)23-13(8-18(30)31)19-17(34-23)9-16(29)20-21(32)22(33)24(35-25(19)20)11-3-6-14(27)15(28)7-11/h1-7,9,26-29,33H,8H2,(H,30,31).